The second-order valence-corrected chi connectivity index (χ2v) is 7.61. The van der Waals surface area contributed by atoms with Crippen molar-refractivity contribution in [1.82, 2.24) is 10.2 Å². The number of hydrogen-bond acceptors (Lipinski definition) is 3. The minimum atomic E-state index is 0.0356. The third-order valence-corrected chi connectivity index (χ3v) is 5.35. The number of likely N-dealkylation sites (tertiary alicyclic amines) is 1. The first-order valence-corrected chi connectivity index (χ1v) is 9.82. The van der Waals surface area contributed by atoms with Gasteiger partial charge in [0, 0.05) is 36.8 Å². The molecular formula is C23H30N2O2. The Bertz CT molecular complexity index is 747. The molecule has 144 valence electrons. The number of methoxy groups -OCH3 is 1. The lowest BCUT2D eigenvalue weighted by Gasteiger charge is -2.32. The predicted octanol–water partition coefficient (Wildman–Crippen LogP) is 4.21. The number of piperidine rings is 1. The summed E-state index contributed by atoms with van der Waals surface area (Å²) in [5.74, 6) is 1.46. The van der Waals surface area contributed by atoms with E-state index in [4.69, 9.17) is 4.74 Å². The van der Waals surface area contributed by atoms with Crippen LogP contribution in [0.1, 0.15) is 54.1 Å². The number of ether oxygens (including phenoxy) is 1. The first kappa shape index (κ1) is 19.4. The highest BCUT2D eigenvalue weighted by Gasteiger charge is 2.22. The zero-order valence-corrected chi connectivity index (χ0v) is 16.6. The lowest BCUT2D eigenvalue weighted by atomic mass is 10.0. The largest absolute Gasteiger partial charge is 0.496 e. The summed E-state index contributed by atoms with van der Waals surface area (Å²) in [5, 5.41) is 3.20. The fourth-order valence-corrected chi connectivity index (χ4v) is 3.60. The number of benzene rings is 2. The highest BCUT2D eigenvalue weighted by molar-refractivity contribution is 5.94. The Labute approximate surface area is 162 Å². The zero-order chi connectivity index (χ0) is 19.2. The smallest absolute Gasteiger partial charge is 0.251 e. The van der Waals surface area contributed by atoms with Crippen LogP contribution in [0.25, 0.3) is 0 Å². The van der Waals surface area contributed by atoms with E-state index in [0.29, 0.717) is 5.92 Å². The number of nitrogens with zero attached hydrogens (tertiary/aromatic N) is 1. The van der Waals surface area contributed by atoms with Crippen LogP contribution in [0.5, 0.6) is 5.75 Å². The van der Waals surface area contributed by atoms with Gasteiger partial charge in [-0.2, -0.15) is 0 Å². The molecule has 0 saturated carbocycles. The quantitative estimate of drug-likeness (QED) is 0.832. The number of amides is 1. The molecule has 4 nitrogen and oxygen atoms in total. The molecule has 0 aliphatic carbocycles. The maximum Gasteiger partial charge on any atom is 0.251 e. The van der Waals surface area contributed by atoms with Gasteiger partial charge < -0.3 is 10.1 Å². The number of hydrogen-bond donors (Lipinski definition) is 1. The molecule has 1 amide bonds. The summed E-state index contributed by atoms with van der Waals surface area (Å²) in [6.07, 6.45) is 1.95. The maximum atomic E-state index is 12.5. The van der Waals surface area contributed by atoms with Gasteiger partial charge in [-0.25, -0.2) is 0 Å². The van der Waals surface area contributed by atoms with E-state index in [1.165, 1.54) is 11.1 Å². The summed E-state index contributed by atoms with van der Waals surface area (Å²) in [6.45, 7) is 7.17. The van der Waals surface area contributed by atoms with Gasteiger partial charge in [0.2, 0.25) is 0 Å². The first-order valence-electron chi connectivity index (χ1n) is 9.82. The van der Waals surface area contributed by atoms with Crippen molar-refractivity contribution in [3.05, 3.63) is 65.2 Å². The molecule has 1 saturated heterocycles. The van der Waals surface area contributed by atoms with E-state index in [1.807, 2.05) is 24.3 Å². The van der Waals surface area contributed by atoms with Gasteiger partial charge >= 0.3 is 0 Å². The van der Waals surface area contributed by atoms with E-state index in [-0.39, 0.29) is 11.9 Å². The van der Waals surface area contributed by atoms with Gasteiger partial charge in [0.05, 0.1) is 7.11 Å². The second kappa shape index (κ2) is 9.05. The normalized spacial score (nSPS) is 15.7. The highest BCUT2D eigenvalue weighted by atomic mass is 16.5. The Morgan fingerprint density at radius 2 is 1.78 bits per heavy atom. The van der Waals surface area contributed by atoms with Gasteiger partial charge in [-0.05, 0) is 42.5 Å². The van der Waals surface area contributed by atoms with Crippen molar-refractivity contribution < 1.29 is 9.53 Å². The zero-order valence-electron chi connectivity index (χ0n) is 16.6. The third-order valence-electron chi connectivity index (χ3n) is 5.35. The van der Waals surface area contributed by atoms with Gasteiger partial charge in [0.1, 0.15) is 5.75 Å². The fraction of sp³-hybridized carbons (Fsp3) is 0.435. The van der Waals surface area contributed by atoms with Crippen LogP contribution in [-0.4, -0.2) is 37.0 Å². The molecule has 27 heavy (non-hydrogen) atoms. The topological polar surface area (TPSA) is 41.6 Å². The van der Waals surface area contributed by atoms with Crippen LogP contribution >= 0.6 is 0 Å². The van der Waals surface area contributed by atoms with Crippen LogP contribution in [0.3, 0.4) is 0 Å². The molecule has 1 aliphatic heterocycles. The SMILES string of the molecule is COc1ccccc1CN1CCC(NC(=O)c2ccc(C(C)C)cc2)CC1. The van der Waals surface area contributed by atoms with Gasteiger partial charge in [0.25, 0.3) is 5.91 Å². The molecule has 2 aromatic carbocycles. The van der Waals surface area contributed by atoms with Crippen molar-refractivity contribution in [3.63, 3.8) is 0 Å². The number of rotatable bonds is 6. The minimum absolute atomic E-state index is 0.0356. The molecule has 0 aromatic heterocycles. The van der Waals surface area contributed by atoms with Gasteiger partial charge in [-0.1, -0.05) is 44.2 Å². The molecule has 4 heteroatoms. The molecule has 0 atom stereocenters. The van der Waals surface area contributed by atoms with Crippen LogP contribution in [0.4, 0.5) is 0 Å². The summed E-state index contributed by atoms with van der Waals surface area (Å²) >= 11 is 0. The van der Waals surface area contributed by atoms with E-state index < -0.39 is 0 Å². The molecule has 1 N–H and O–H groups in total. The number of nitrogens with one attached hydrogen (secondary N) is 1. The van der Waals surface area contributed by atoms with Crippen molar-refractivity contribution in [2.75, 3.05) is 20.2 Å². The lowest BCUT2D eigenvalue weighted by molar-refractivity contribution is 0.0908. The highest BCUT2D eigenvalue weighted by Crippen LogP contribution is 2.22. The molecule has 0 spiro atoms. The van der Waals surface area contributed by atoms with Crippen LogP contribution in [0, 0.1) is 0 Å². The number of carbonyl (C=O) groups is 1. The third kappa shape index (κ3) is 5.10. The van der Waals surface area contributed by atoms with Gasteiger partial charge in [0.15, 0.2) is 0 Å². The lowest BCUT2D eigenvalue weighted by Crippen LogP contribution is -2.44. The van der Waals surface area contributed by atoms with Gasteiger partial charge in [-0.3, -0.25) is 9.69 Å². The summed E-state index contributed by atoms with van der Waals surface area (Å²) in [4.78, 5) is 14.9. The van der Waals surface area contributed by atoms with E-state index in [2.05, 4.69) is 48.3 Å². The average molecular weight is 367 g/mol. The standard InChI is InChI=1S/C23H30N2O2/c1-17(2)18-8-10-19(11-9-18)23(26)24-21-12-14-25(15-13-21)16-20-6-4-5-7-22(20)27-3/h4-11,17,21H,12-16H2,1-3H3,(H,24,26). The summed E-state index contributed by atoms with van der Waals surface area (Å²) < 4.78 is 5.45. The molecule has 3 rings (SSSR count). The van der Waals surface area contributed by atoms with Crippen molar-refractivity contribution in [2.24, 2.45) is 0 Å². The molecule has 1 heterocycles. The Balaban J connectivity index is 1.49. The van der Waals surface area contributed by atoms with Crippen molar-refractivity contribution in [3.8, 4) is 5.75 Å². The second-order valence-electron chi connectivity index (χ2n) is 7.61. The van der Waals surface area contributed by atoms with Crippen LogP contribution in [0.2, 0.25) is 0 Å². The Morgan fingerprint density at radius 3 is 2.41 bits per heavy atom. The van der Waals surface area contributed by atoms with E-state index in [9.17, 15) is 4.79 Å². The molecule has 0 unspecified atom stereocenters. The van der Waals surface area contributed by atoms with E-state index in [0.717, 1.165) is 43.8 Å². The monoisotopic (exact) mass is 366 g/mol. The Kier molecular flexibility index (Phi) is 6.51. The van der Waals surface area contributed by atoms with Gasteiger partial charge in [-0.15, -0.1) is 0 Å². The van der Waals surface area contributed by atoms with Crippen LogP contribution in [0.15, 0.2) is 48.5 Å². The molecular weight excluding hydrogens is 336 g/mol. The fourth-order valence-electron chi connectivity index (χ4n) is 3.60. The molecule has 0 radical (unpaired) electrons. The summed E-state index contributed by atoms with van der Waals surface area (Å²) in [7, 11) is 1.72. The van der Waals surface area contributed by atoms with Crippen LogP contribution in [-0.2, 0) is 6.54 Å². The van der Waals surface area contributed by atoms with E-state index in [1.54, 1.807) is 7.11 Å². The van der Waals surface area contributed by atoms with Crippen molar-refractivity contribution >= 4 is 5.91 Å². The molecule has 0 bridgehead atoms. The molecule has 2 aromatic rings. The molecule has 1 aliphatic rings. The summed E-state index contributed by atoms with van der Waals surface area (Å²) in [5.41, 5.74) is 3.22. The molecule has 1 fully saturated rings. The first-order chi connectivity index (χ1) is 13.1. The minimum Gasteiger partial charge on any atom is -0.496 e. The Hall–Kier alpha value is -2.33. The maximum absolute atomic E-state index is 12.5. The number of para-hydroxylation sites is 1. The van der Waals surface area contributed by atoms with E-state index >= 15 is 0 Å². The number of carbonyl (C=O) groups excluding carboxylic acids is 1. The predicted molar refractivity (Wildman–Crippen MR) is 109 cm³/mol. The van der Waals surface area contributed by atoms with Crippen molar-refractivity contribution in [2.45, 2.75) is 45.2 Å². The summed E-state index contributed by atoms with van der Waals surface area (Å²) in [6, 6.07) is 16.4. The Morgan fingerprint density at radius 1 is 1.11 bits per heavy atom. The van der Waals surface area contributed by atoms with Crippen LogP contribution < -0.4 is 10.1 Å². The average Bonchev–Trinajstić information content (AvgIpc) is 2.70. The van der Waals surface area contributed by atoms with Crippen molar-refractivity contribution in [1.29, 1.82) is 0 Å².